The van der Waals surface area contributed by atoms with Gasteiger partial charge in [0.2, 0.25) is 5.91 Å². The molecule has 178 valence electrons. The van der Waals surface area contributed by atoms with Crippen molar-refractivity contribution in [1.29, 1.82) is 0 Å². The minimum Gasteiger partial charge on any atom is -0.504 e. The Balaban J connectivity index is 1.55. The van der Waals surface area contributed by atoms with E-state index in [1.807, 2.05) is 48.2 Å². The number of benzene rings is 2. The fourth-order valence-electron chi connectivity index (χ4n) is 7.67. The van der Waals surface area contributed by atoms with Crippen LogP contribution in [-0.2, 0) is 16.6 Å². The number of ether oxygens (including phenoxy) is 1. The van der Waals surface area contributed by atoms with Crippen LogP contribution in [0, 0.1) is 6.92 Å². The molecule has 1 spiro atoms. The van der Waals surface area contributed by atoms with Gasteiger partial charge in [-0.1, -0.05) is 30.3 Å². The molecule has 2 bridgehead atoms. The number of nitrogens with zero attached hydrogens (tertiary/aromatic N) is 2. The number of likely N-dealkylation sites (tertiary alicyclic amines) is 1. The van der Waals surface area contributed by atoms with Gasteiger partial charge in [0.25, 0.3) is 0 Å². The van der Waals surface area contributed by atoms with E-state index in [1.54, 1.807) is 13.0 Å². The highest BCUT2D eigenvalue weighted by molar-refractivity contribution is 5.93. The Hall–Kier alpha value is -2.83. The smallest absolute Gasteiger partial charge is 0.224 e. The van der Waals surface area contributed by atoms with Crippen molar-refractivity contribution >= 4 is 11.6 Å². The number of rotatable bonds is 4. The van der Waals surface area contributed by atoms with E-state index >= 15 is 0 Å². The normalized spacial score (nSPS) is 33.1. The summed E-state index contributed by atoms with van der Waals surface area (Å²) in [4.78, 5) is 17.3. The average Bonchev–Trinajstić information content (AvgIpc) is 3.16. The van der Waals surface area contributed by atoms with Gasteiger partial charge in [0.15, 0.2) is 11.5 Å². The van der Waals surface area contributed by atoms with Gasteiger partial charge in [-0.3, -0.25) is 9.69 Å². The highest BCUT2D eigenvalue weighted by atomic mass is 16.5. The minimum absolute atomic E-state index is 0.0402. The van der Waals surface area contributed by atoms with Crippen molar-refractivity contribution in [3.63, 3.8) is 0 Å². The highest BCUT2D eigenvalue weighted by Crippen LogP contribution is 2.66. The number of phenols is 1. The number of carbonyl (C=O) groups excluding carboxylic acids is 1. The summed E-state index contributed by atoms with van der Waals surface area (Å²) in [5.74, 6) is 0.569. The molecule has 2 N–H and O–H groups in total. The Bertz CT molecular complexity index is 1190. The van der Waals surface area contributed by atoms with Crippen LogP contribution in [0.1, 0.15) is 42.9 Å². The van der Waals surface area contributed by atoms with Crippen molar-refractivity contribution in [3.8, 4) is 11.5 Å². The maximum Gasteiger partial charge on any atom is 0.224 e. The minimum atomic E-state index is -1.00. The van der Waals surface area contributed by atoms with E-state index in [4.69, 9.17) is 4.74 Å². The molecular formula is C28H32N2O4. The van der Waals surface area contributed by atoms with Crippen LogP contribution in [0.25, 0.3) is 0 Å². The summed E-state index contributed by atoms with van der Waals surface area (Å²) in [5.41, 5.74) is 2.32. The third kappa shape index (κ3) is 2.56. The summed E-state index contributed by atoms with van der Waals surface area (Å²) in [6.45, 7) is 9.09. The first-order chi connectivity index (χ1) is 16.3. The van der Waals surface area contributed by atoms with Gasteiger partial charge in [-0.15, -0.1) is 6.58 Å². The van der Waals surface area contributed by atoms with Crippen LogP contribution in [0.2, 0.25) is 0 Å². The van der Waals surface area contributed by atoms with Crippen molar-refractivity contribution in [1.82, 2.24) is 4.90 Å². The molecule has 2 aromatic carbocycles. The molecule has 1 amide bonds. The third-order valence-corrected chi connectivity index (χ3v) is 8.95. The molecule has 2 heterocycles. The largest absolute Gasteiger partial charge is 0.504 e. The lowest BCUT2D eigenvalue weighted by molar-refractivity contribution is -0.187. The number of anilines is 1. The highest BCUT2D eigenvalue weighted by Gasteiger charge is 2.73. The molecule has 6 heteroatoms. The molecule has 2 aromatic rings. The zero-order valence-corrected chi connectivity index (χ0v) is 19.8. The first kappa shape index (κ1) is 21.7. The number of para-hydroxylation sites is 1. The van der Waals surface area contributed by atoms with Crippen LogP contribution in [0.5, 0.6) is 11.5 Å². The lowest BCUT2D eigenvalue weighted by atomic mass is 9.48. The van der Waals surface area contributed by atoms with Crippen LogP contribution in [0.15, 0.2) is 49.1 Å². The van der Waals surface area contributed by atoms with Gasteiger partial charge in [0, 0.05) is 30.8 Å². The number of aryl methyl sites for hydroxylation is 1. The second-order valence-corrected chi connectivity index (χ2v) is 10.4. The number of piperidine rings is 1. The van der Waals surface area contributed by atoms with Crippen molar-refractivity contribution < 1.29 is 19.7 Å². The topological polar surface area (TPSA) is 73.2 Å². The molecule has 34 heavy (non-hydrogen) atoms. The van der Waals surface area contributed by atoms with E-state index in [0.29, 0.717) is 31.4 Å². The van der Waals surface area contributed by atoms with Crippen molar-refractivity contribution in [3.05, 3.63) is 65.7 Å². The predicted molar refractivity (Wildman–Crippen MR) is 130 cm³/mol. The first-order valence-electron chi connectivity index (χ1n) is 12.3. The van der Waals surface area contributed by atoms with Crippen LogP contribution in [0.3, 0.4) is 0 Å². The first-order valence-corrected chi connectivity index (χ1v) is 12.3. The average molecular weight is 461 g/mol. The van der Waals surface area contributed by atoms with Gasteiger partial charge in [0.1, 0.15) is 6.10 Å². The van der Waals surface area contributed by atoms with Crippen molar-refractivity contribution in [2.24, 2.45) is 0 Å². The zero-order chi connectivity index (χ0) is 23.8. The van der Waals surface area contributed by atoms with Crippen molar-refractivity contribution in [2.45, 2.75) is 68.7 Å². The molecule has 2 aliphatic heterocycles. The van der Waals surface area contributed by atoms with E-state index < -0.39 is 17.1 Å². The number of hydrogen-bond acceptors (Lipinski definition) is 5. The third-order valence-electron chi connectivity index (χ3n) is 8.95. The van der Waals surface area contributed by atoms with Gasteiger partial charge in [-0.2, -0.15) is 0 Å². The molecule has 2 fully saturated rings. The molecule has 0 unspecified atom stereocenters. The molecule has 1 saturated carbocycles. The molecule has 6 rings (SSSR count). The van der Waals surface area contributed by atoms with Gasteiger partial charge < -0.3 is 19.8 Å². The summed E-state index contributed by atoms with van der Waals surface area (Å²) >= 11 is 0. The number of phenolic OH excluding ortho intramolecular Hbond substituents is 1. The fourth-order valence-corrected chi connectivity index (χ4v) is 7.67. The Kier molecular flexibility index (Phi) is 4.68. The quantitative estimate of drug-likeness (QED) is 0.684. The maximum atomic E-state index is 13.1. The Labute approximate surface area is 200 Å². The molecule has 6 nitrogen and oxygen atoms in total. The standard InChI is InChI=1S/C28H32N2O4/c1-4-14-29-15-13-27-24-19-9-10-22(32)25(24)34-26(27)21(11-12-28(27,33)23(29)16-19)30(18(3)31)20-8-6-5-7-17(20)2/h4-10,21,23,26,32-33H,1,11-16H2,2-3H3/t21-,23-,26+,27+,28-/m1/s1. The molecule has 5 atom stereocenters. The lowest BCUT2D eigenvalue weighted by Crippen LogP contribution is -2.78. The van der Waals surface area contributed by atoms with Gasteiger partial charge in [-0.05, 0) is 62.4 Å². The Morgan fingerprint density at radius 3 is 2.82 bits per heavy atom. The molecule has 4 aliphatic rings. The molecular weight excluding hydrogens is 428 g/mol. The van der Waals surface area contributed by atoms with Crippen LogP contribution in [0.4, 0.5) is 5.69 Å². The molecule has 0 radical (unpaired) electrons. The lowest BCUT2D eigenvalue weighted by Gasteiger charge is -2.64. The summed E-state index contributed by atoms with van der Waals surface area (Å²) in [6.07, 6.45) is 4.08. The summed E-state index contributed by atoms with van der Waals surface area (Å²) < 4.78 is 6.63. The van der Waals surface area contributed by atoms with Gasteiger partial charge in [-0.25, -0.2) is 0 Å². The Morgan fingerprint density at radius 1 is 1.29 bits per heavy atom. The van der Waals surface area contributed by atoms with Crippen LogP contribution in [-0.4, -0.2) is 57.9 Å². The van der Waals surface area contributed by atoms with Gasteiger partial charge >= 0.3 is 0 Å². The van der Waals surface area contributed by atoms with E-state index in [1.165, 1.54) is 0 Å². The number of aliphatic hydroxyl groups is 1. The van der Waals surface area contributed by atoms with Gasteiger partial charge in [0.05, 0.1) is 17.1 Å². The SMILES string of the molecule is C=CCN1CC[C@]23c4c5ccc(O)c4O[C@H]2[C@H](N(C(C)=O)c2ccccc2C)CC[C@@]3(O)[C@H]1C5. The number of aromatic hydroxyl groups is 1. The fraction of sp³-hybridized carbons (Fsp3) is 0.464. The second-order valence-electron chi connectivity index (χ2n) is 10.4. The number of carbonyl (C=O) groups is 1. The van der Waals surface area contributed by atoms with Crippen molar-refractivity contribution in [2.75, 3.05) is 18.0 Å². The van der Waals surface area contributed by atoms with Crippen LogP contribution < -0.4 is 9.64 Å². The number of hydrogen-bond donors (Lipinski definition) is 2. The van der Waals surface area contributed by atoms with E-state index in [-0.39, 0.29) is 23.7 Å². The monoisotopic (exact) mass is 460 g/mol. The Morgan fingerprint density at radius 2 is 2.09 bits per heavy atom. The predicted octanol–water partition coefficient (Wildman–Crippen LogP) is 3.46. The molecule has 2 aliphatic carbocycles. The summed E-state index contributed by atoms with van der Waals surface area (Å²) in [7, 11) is 0. The maximum absolute atomic E-state index is 13.1. The second kappa shape index (κ2) is 7.33. The van der Waals surface area contributed by atoms with E-state index in [9.17, 15) is 15.0 Å². The molecule has 1 saturated heterocycles. The number of amides is 1. The van der Waals surface area contributed by atoms with E-state index in [2.05, 4.69) is 11.5 Å². The summed E-state index contributed by atoms with van der Waals surface area (Å²) in [6, 6.07) is 11.3. The molecule has 0 aromatic heterocycles. The summed E-state index contributed by atoms with van der Waals surface area (Å²) in [5, 5.41) is 23.3. The van der Waals surface area contributed by atoms with E-state index in [0.717, 1.165) is 35.5 Å². The zero-order valence-electron chi connectivity index (χ0n) is 19.8. The van der Waals surface area contributed by atoms with Crippen LogP contribution >= 0.6 is 0 Å².